The fourth-order valence-corrected chi connectivity index (χ4v) is 1.62. The molecule has 0 spiro atoms. The predicted molar refractivity (Wildman–Crippen MR) is 81.7 cm³/mol. The number of nitrogens with zero attached hydrogens (tertiary/aromatic N) is 3. The van der Waals surface area contributed by atoms with Gasteiger partial charge in [-0.3, -0.25) is 9.78 Å². The molecule has 118 valence electrons. The van der Waals surface area contributed by atoms with Crippen LogP contribution in [0.15, 0.2) is 33.7 Å². The van der Waals surface area contributed by atoms with E-state index in [2.05, 4.69) is 56.6 Å². The van der Waals surface area contributed by atoms with Gasteiger partial charge >= 0.3 is 35.7 Å². The van der Waals surface area contributed by atoms with E-state index in [0.717, 1.165) is 8.95 Å². The van der Waals surface area contributed by atoms with Gasteiger partial charge in [0.1, 0.15) is 13.2 Å². The minimum Gasteiger partial charge on any atom is -1.00 e. The summed E-state index contributed by atoms with van der Waals surface area (Å²) in [6.45, 7) is 1.53. The molecule has 3 rings (SSSR count). The van der Waals surface area contributed by atoms with Gasteiger partial charge in [-0.15, -0.1) is 0 Å². The van der Waals surface area contributed by atoms with Crippen LogP contribution in [0.2, 0.25) is 0 Å². The molecule has 1 saturated heterocycles. The van der Waals surface area contributed by atoms with Gasteiger partial charge in [-0.1, -0.05) is 0 Å². The smallest absolute Gasteiger partial charge is 1.00 e. The van der Waals surface area contributed by atoms with E-state index in [1.807, 2.05) is 6.20 Å². The van der Waals surface area contributed by atoms with Crippen LogP contribution in [-0.4, -0.2) is 51.1 Å². The van der Waals surface area contributed by atoms with Crippen LogP contribution in [0.3, 0.4) is 0 Å². The zero-order chi connectivity index (χ0) is 15.5. The van der Waals surface area contributed by atoms with E-state index in [-0.39, 0.29) is 37.6 Å². The number of aliphatic hydroxyl groups excluding tert-OH is 1. The summed E-state index contributed by atoms with van der Waals surface area (Å²) in [7, 11) is 0. The number of hydrogen-bond acceptors (Lipinski definition) is 6. The van der Waals surface area contributed by atoms with Crippen LogP contribution in [-0.2, 0) is 16.0 Å². The Morgan fingerprint density at radius 2 is 2.00 bits per heavy atom. The maximum Gasteiger partial charge on any atom is 1.00 e. The Bertz CT molecular complexity index is 522. The van der Waals surface area contributed by atoms with Gasteiger partial charge in [0.15, 0.2) is 0 Å². The molecule has 0 saturated carbocycles. The van der Waals surface area contributed by atoms with Crippen molar-refractivity contribution in [2.24, 2.45) is 0 Å². The van der Waals surface area contributed by atoms with Gasteiger partial charge in [-0.2, -0.15) is 10.2 Å². The Hall–Kier alpha value is -0.390. The first-order valence-electron chi connectivity index (χ1n) is 5.84. The molecular formula is C11H15Br2N4NaO4. The van der Waals surface area contributed by atoms with Gasteiger partial charge in [0, 0.05) is 12.4 Å². The summed E-state index contributed by atoms with van der Waals surface area (Å²) in [5.41, 5.74) is 0. The van der Waals surface area contributed by atoms with Crippen LogP contribution in [0.25, 0.3) is 0 Å². The van der Waals surface area contributed by atoms with E-state index in [1.165, 1.54) is 0 Å². The van der Waals surface area contributed by atoms with Gasteiger partial charge < -0.3 is 16.0 Å². The summed E-state index contributed by atoms with van der Waals surface area (Å²) in [6.07, 6.45) is 6.42. The van der Waals surface area contributed by atoms with Crippen molar-refractivity contribution in [1.82, 2.24) is 20.0 Å². The Morgan fingerprint density at radius 3 is 2.27 bits per heavy atom. The number of carbonyl (C=O) groups excluding carboxylic acids is 1. The second kappa shape index (κ2) is 13.1. The standard InChI is InChI=1S/C5H7BrN2O.C3H3BrN2.C3H4O3.Na.H/c6-5-3-7-8(4-5)1-2-9;4-3-1-5-6-2-3;4-3-5-1-2-6-3;;/h3-4,9H,1-2H2;1-2H,(H,5,6);1-2H2;;/q;;;+1;-1. The van der Waals surface area contributed by atoms with E-state index >= 15 is 0 Å². The summed E-state index contributed by atoms with van der Waals surface area (Å²) in [4.78, 5) is 9.80. The van der Waals surface area contributed by atoms with Crippen LogP contribution in [0.4, 0.5) is 4.79 Å². The molecule has 3 heterocycles. The van der Waals surface area contributed by atoms with Crippen molar-refractivity contribution in [2.45, 2.75) is 6.54 Å². The second-order valence-electron chi connectivity index (χ2n) is 3.51. The molecule has 8 nitrogen and oxygen atoms in total. The number of aromatic nitrogens is 4. The molecule has 0 bridgehead atoms. The third-order valence-electron chi connectivity index (χ3n) is 1.92. The molecule has 11 heteroatoms. The summed E-state index contributed by atoms with van der Waals surface area (Å²) < 4.78 is 12.2. The minimum atomic E-state index is -0.546. The molecule has 1 fully saturated rings. The molecule has 1 aliphatic rings. The molecule has 0 radical (unpaired) electrons. The van der Waals surface area contributed by atoms with Crippen molar-refractivity contribution >= 4 is 38.0 Å². The number of nitrogens with one attached hydrogen (secondary N) is 1. The molecule has 22 heavy (non-hydrogen) atoms. The van der Waals surface area contributed by atoms with Crippen molar-refractivity contribution in [1.29, 1.82) is 0 Å². The van der Waals surface area contributed by atoms with Gasteiger partial charge in [-0.05, 0) is 31.9 Å². The number of ether oxygens (including phenoxy) is 2. The zero-order valence-electron chi connectivity index (χ0n) is 12.9. The molecule has 0 aromatic carbocycles. The third kappa shape index (κ3) is 10.4. The second-order valence-corrected chi connectivity index (χ2v) is 5.34. The summed E-state index contributed by atoms with van der Waals surface area (Å²) >= 11 is 6.42. The Labute approximate surface area is 167 Å². The number of aliphatic hydroxyl groups is 1. The SMILES string of the molecule is Brc1cn[nH]c1.O=C1OCCO1.OCCn1cc(Br)cn1.[H-].[Na+]. The maximum atomic E-state index is 9.80. The monoisotopic (exact) mass is 448 g/mol. The Morgan fingerprint density at radius 1 is 1.32 bits per heavy atom. The van der Waals surface area contributed by atoms with Gasteiger partial charge in [0.25, 0.3) is 0 Å². The molecule has 0 atom stereocenters. The van der Waals surface area contributed by atoms with Crippen molar-refractivity contribution in [3.63, 3.8) is 0 Å². The summed E-state index contributed by atoms with van der Waals surface area (Å²) in [5.74, 6) is 0. The fourth-order valence-electron chi connectivity index (χ4n) is 1.09. The van der Waals surface area contributed by atoms with Crippen LogP contribution in [0.1, 0.15) is 1.43 Å². The maximum absolute atomic E-state index is 9.80. The number of carbonyl (C=O) groups is 1. The number of halogens is 2. The molecule has 2 aromatic rings. The van der Waals surface area contributed by atoms with Crippen LogP contribution in [0.5, 0.6) is 0 Å². The largest absolute Gasteiger partial charge is 1.00 e. The average Bonchev–Trinajstić information content (AvgIpc) is 3.17. The summed E-state index contributed by atoms with van der Waals surface area (Å²) in [6, 6.07) is 0. The quantitative estimate of drug-likeness (QED) is 0.454. The Balaban J connectivity index is 0. The number of hydrogen-bond donors (Lipinski definition) is 2. The van der Waals surface area contributed by atoms with Gasteiger partial charge in [0.05, 0.1) is 34.5 Å². The zero-order valence-corrected chi connectivity index (χ0v) is 17.1. The minimum absolute atomic E-state index is 0. The molecular weight excluding hydrogens is 435 g/mol. The summed E-state index contributed by atoms with van der Waals surface area (Å²) in [5, 5.41) is 18.7. The van der Waals surface area contributed by atoms with Crippen molar-refractivity contribution < 1.29 is 50.4 Å². The van der Waals surface area contributed by atoms with Crippen molar-refractivity contribution in [3.05, 3.63) is 33.7 Å². The van der Waals surface area contributed by atoms with E-state index in [1.54, 1.807) is 23.3 Å². The van der Waals surface area contributed by atoms with E-state index < -0.39 is 6.16 Å². The van der Waals surface area contributed by atoms with Crippen LogP contribution in [0, 0.1) is 0 Å². The topological polar surface area (TPSA) is 102 Å². The third-order valence-corrected chi connectivity index (χ3v) is 2.76. The number of H-pyrrole nitrogens is 1. The van der Waals surface area contributed by atoms with Crippen molar-refractivity contribution in [3.8, 4) is 0 Å². The average molecular weight is 450 g/mol. The fraction of sp³-hybridized carbons (Fsp3) is 0.364. The van der Waals surface area contributed by atoms with E-state index in [4.69, 9.17) is 5.11 Å². The number of rotatable bonds is 2. The number of cyclic esters (lactones) is 2. The Kier molecular flexibility index (Phi) is 12.9. The first kappa shape index (κ1) is 21.6. The van der Waals surface area contributed by atoms with Crippen LogP contribution >= 0.6 is 31.9 Å². The van der Waals surface area contributed by atoms with Gasteiger partial charge in [0.2, 0.25) is 0 Å². The van der Waals surface area contributed by atoms with Gasteiger partial charge in [-0.25, -0.2) is 4.79 Å². The predicted octanol–water partition coefficient (Wildman–Crippen LogP) is -0.920. The first-order chi connectivity index (χ1) is 10.1. The van der Waals surface area contributed by atoms with Crippen molar-refractivity contribution in [2.75, 3.05) is 19.8 Å². The molecule has 0 aliphatic carbocycles. The molecule has 0 unspecified atom stereocenters. The molecule has 0 amide bonds. The van der Waals surface area contributed by atoms with Crippen LogP contribution < -0.4 is 29.6 Å². The van der Waals surface area contributed by atoms with E-state index in [9.17, 15) is 4.79 Å². The number of aromatic amines is 1. The normalized spacial score (nSPS) is 11.9. The first-order valence-corrected chi connectivity index (χ1v) is 7.43. The molecule has 1 aliphatic heterocycles. The molecule has 2 N–H and O–H groups in total. The molecule has 2 aromatic heterocycles. The van der Waals surface area contributed by atoms with E-state index in [0.29, 0.717) is 19.8 Å².